The van der Waals surface area contributed by atoms with Gasteiger partial charge in [-0.3, -0.25) is 34.2 Å². The fourth-order valence-electron chi connectivity index (χ4n) is 7.04. The number of imide groups is 2. The summed E-state index contributed by atoms with van der Waals surface area (Å²) in [5, 5.41) is 21.7. The molecule has 11 nitrogen and oxygen atoms in total. The van der Waals surface area contributed by atoms with Gasteiger partial charge in [-0.15, -0.1) is 23.2 Å². The highest BCUT2D eigenvalue weighted by atomic mass is 79.9. The molecule has 2 heterocycles. The van der Waals surface area contributed by atoms with E-state index in [4.69, 9.17) is 39.5 Å². The van der Waals surface area contributed by atoms with Gasteiger partial charge in [-0.05, 0) is 42.5 Å². The third-order valence-electron chi connectivity index (χ3n) is 8.92. The van der Waals surface area contributed by atoms with E-state index in [1.807, 2.05) is 0 Å². The second-order valence-corrected chi connectivity index (χ2v) is 13.0. The number of nitrogens with zero attached hydrogens (tertiary/aromatic N) is 3. The molecule has 1 N–H and O–H groups in total. The number of hydrogen-bond acceptors (Lipinski definition) is 8. The number of halogens is 4. The maximum absolute atomic E-state index is 14.1. The molecule has 2 aromatic rings. The molecule has 0 spiro atoms. The van der Waals surface area contributed by atoms with Crippen molar-refractivity contribution < 1.29 is 33.9 Å². The molecule has 1 saturated carbocycles. The Bertz CT molecular complexity index is 1690. The van der Waals surface area contributed by atoms with E-state index >= 15 is 0 Å². The van der Waals surface area contributed by atoms with Gasteiger partial charge in [-0.2, -0.15) is 0 Å². The first kappa shape index (κ1) is 29.9. The summed E-state index contributed by atoms with van der Waals surface area (Å²) in [6.45, 7) is 0. The van der Waals surface area contributed by atoms with Crippen molar-refractivity contribution in [1.82, 2.24) is 4.90 Å². The van der Waals surface area contributed by atoms with Gasteiger partial charge in [0.05, 0.1) is 40.0 Å². The lowest BCUT2D eigenvalue weighted by Gasteiger charge is -2.50. The van der Waals surface area contributed by atoms with Crippen LogP contribution in [0.15, 0.2) is 48.0 Å². The Hall–Kier alpha value is -3.19. The van der Waals surface area contributed by atoms with Gasteiger partial charge in [0.1, 0.15) is 0 Å². The zero-order valence-electron chi connectivity index (χ0n) is 22.1. The number of carbonyl (C=O) groups is 4. The first-order valence-corrected chi connectivity index (χ1v) is 15.3. The molecule has 2 aliphatic carbocycles. The smallest absolute Gasteiger partial charge is 0.271 e. The number of aromatic hydroxyl groups is 1. The molecule has 6 unspecified atom stereocenters. The number of non-ortho nitro benzene ring substituents is 1. The number of phenols is 1. The zero-order chi connectivity index (χ0) is 31.2. The predicted octanol–water partition coefficient (Wildman–Crippen LogP) is 4.88. The van der Waals surface area contributed by atoms with Crippen LogP contribution in [0.3, 0.4) is 0 Å². The summed E-state index contributed by atoms with van der Waals surface area (Å²) in [4.78, 5) is 63.8. The summed E-state index contributed by atoms with van der Waals surface area (Å²) < 4.78 is 5.29. The molecule has 4 aliphatic rings. The number of alkyl halides is 3. The van der Waals surface area contributed by atoms with E-state index in [0.29, 0.717) is 11.1 Å². The number of allylic oxidation sites excluding steroid dienone is 2. The third-order valence-corrected chi connectivity index (χ3v) is 11.1. The fraction of sp³-hybridized carbons (Fsp3) is 0.357. The van der Waals surface area contributed by atoms with Crippen LogP contribution in [0.2, 0.25) is 5.02 Å². The molecule has 2 saturated heterocycles. The molecule has 0 radical (unpaired) electrons. The Labute approximate surface area is 267 Å². The topological polar surface area (TPSA) is 147 Å². The number of carbonyl (C=O) groups excluding carboxylic acids is 4. The van der Waals surface area contributed by atoms with Crippen LogP contribution in [-0.4, -0.2) is 60.9 Å². The van der Waals surface area contributed by atoms with E-state index in [9.17, 15) is 34.4 Å². The molecule has 224 valence electrons. The number of amides is 4. The van der Waals surface area contributed by atoms with E-state index in [0.717, 1.165) is 15.9 Å². The first-order valence-electron chi connectivity index (χ1n) is 13.0. The first-order chi connectivity index (χ1) is 20.3. The summed E-state index contributed by atoms with van der Waals surface area (Å²) in [6.07, 6.45) is 1.60. The van der Waals surface area contributed by atoms with E-state index < -0.39 is 62.0 Å². The predicted molar refractivity (Wildman–Crippen MR) is 159 cm³/mol. The van der Waals surface area contributed by atoms with Crippen molar-refractivity contribution in [1.29, 1.82) is 0 Å². The number of nitro benzene ring substituents is 1. The van der Waals surface area contributed by atoms with Crippen molar-refractivity contribution >= 4 is 85.7 Å². The van der Waals surface area contributed by atoms with Crippen molar-refractivity contribution in [3.63, 3.8) is 0 Å². The Morgan fingerprint density at radius 2 is 1.84 bits per heavy atom. The van der Waals surface area contributed by atoms with Crippen molar-refractivity contribution in [2.45, 2.75) is 28.5 Å². The van der Waals surface area contributed by atoms with E-state index in [1.165, 1.54) is 37.4 Å². The molecule has 6 atom stereocenters. The van der Waals surface area contributed by atoms with Gasteiger partial charge in [0.2, 0.25) is 11.8 Å². The Morgan fingerprint density at radius 1 is 1.12 bits per heavy atom. The summed E-state index contributed by atoms with van der Waals surface area (Å²) in [5.41, 5.74) is 0.384. The van der Waals surface area contributed by atoms with Gasteiger partial charge < -0.3 is 9.84 Å². The molecule has 43 heavy (non-hydrogen) atoms. The number of ether oxygens (including phenoxy) is 1. The molecule has 2 aromatic carbocycles. The van der Waals surface area contributed by atoms with Gasteiger partial charge in [0.15, 0.2) is 21.2 Å². The fourth-order valence-corrected chi connectivity index (χ4v) is 8.69. The maximum atomic E-state index is 14.1. The van der Waals surface area contributed by atoms with Crippen molar-refractivity contribution in [2.24, 2.45) is 17.8 Å². The number of likely N-dealkylation sites (tertiary alicyclic amines) is 1. The van der Waals surface area contributed by atoms with Crippen LogP contribution in [0.5, 0.6) is 11.5 Å². The van der Waals surface area contributed by atoms with E-state index in [-0.39, 0.29) is 46.2 Å². The Balaban J connectivity index is 1.53. The molecule has 4 amide bonds. The molecule has 2 aliphatic heterocycles. The quantitative estimate of drug-likeness (QED) is 0.115. The monoisotopic (exact) mass is 711 g/mol. The number of benzene rings is 2. The van der Waals surface area contributed by atoms with E-state index in [1.54, 1.807) is 6.08 Å². The van der Waals surface area contributed by atoms with Crippen molar-refractivity contribution in [2.75, 3.05) is 17.5 Å². The molecular weight excluding hydrogens is 693 g/mol. The van der Waals surface area contributed by atoms with Crippen LogP contribution >= 0.6 is 50.7 Å². The van der Waals surface area contributed by atoms with Crippen LogP contribution in [0.1, 0.15) is 24.3 Å². The number of anilines is 1. The number of hydrogen-bond donors (Lipinski definition) is 1. The molecular formula is C28H21BrCl3N3O8. The Kier molecular flexibility index (Phi) is 7.07. The highest BCUT2D eigenvalue weighted by Gasteiger charge is 2.76. The number of nitro groups is 1. The summed E-state index contributed by atoms with van der Waals surface area (Å²) in [6, 6.07) is 8.05. The minimum Gasteiger partial charge on any atom is -0.503 e. The highest BCUT2D eigenvalue weighted by molar-refractivity contribution is 9.09. The lowest BCUT2D eigenvalue weighted by molar-refractivity contribution is -0.384. The van der Waals surface area contributed by atoms with Crippen LogP contribution in [0.25, 0.3) is 0 Å². The number of phenolic OH excluding ortho intramolecular Hbond substituents is 1. The molecule has 6 rings (SSSR count). The standard InChI is InChI=1S/C28H21BrCl3N3O8/c1-43-19-8-12(7-18(30)22(19)36)21-15-5-6-16-20(17(15)10-27(31)25(39)33(11-29)26(40)28(21,27)32)24(38)34(23(16)37)13-3-2-4-14(9-13)35(41)42/h2-5,7-9,16-17,20-21,36H,6,10-11H2,1H3. The lowest BCUT2D eigenvalue weighted by atomic mass is 9.56. The molecule has 15 heteroatoms. The molecule has 0 aromatic heterocycles. The summed E-state index contributed by atoms with van der Waals surface area (Å²) >= 11 is 23.9. The number of fused-ring (bicyclic) bond motifs is 4. The second kappa shape index (κ2) is 10.2. The highest BCUT2D eigenvalue weighted by Crippen LogP contribution is 2.66. The summed E-state index contributed by atoms with van der Waals surface area (Å²) in [5.74, 6) is -6.82. The van der Waals surface area contributed by atoms with Gasteiger partial charge in [-0.1, -0.05) is 45.2 Å². The SMILES string of the molecule is COc1cc(C2C3=CCC4C(=O)N(c5cccc([N+](=O)[O-])c5)C(=O)C4C3CC3(Cl)C(=O)N(CBr)C(=O)C23Cl)cc(Cl)c1O. The lowest BCUT2D eigenvalue weighted by Crippen LogP contribution is -2.60. The van der Waals surface area contributed by atoms with Gasteiger partial charge >= 0.3 is 0 Å². The minimum absolute atomic E-state index is 0.0163. The molecule has 0 bridgehead atoms. The van der Waals surface area contributed by atoms with E-state index in [2.05, 4.69) is 15.9 Å². The van der Waals surface area contributed by atoms with Crippen molar-refractivity contribution in [3.05, 3.63) is 68.7 Å². The van der Waals surface area contributed by atoms with Crippen LogP contribution < -0.4 is 9.64 Å². The third kappa shape index (κ3) is 3.92. The molecule has 3 fully saturated rings. The van der Waals surface area contributed by atoms with Crippen LogP contribution in [-0.2, 0) is 19.2 Å². The Morgan fingerprint density at radius 3 is 2.49 bits per heavy atom. The number of rotatable bonds is 5. The average molecular weight is 714 g/mol. The van der Waals surface area contributed by atoms with Gasteiger partial charge in [0.25, 0.3) is 17.5 Å². The number of methoxy groups -OCH3 is 1. The average Bonchev–Trinajstić information content (AvgIpc) is 3.32. The normalized spacial score (nSPS) is 31.5. The van der Waals surface area contributed by atoms with Crippen LogP contribution in [0.4, 0.5) is 11.4 Å². The van der Waals surface area contributed by atoms with Gasteiger partial charge in [-0.25, -0.2) is 4.90 Å². The second-order valence-electron chi connectivity index (χ2n) is 10.8. The zero-order valence-corrected chi connectivity index (χ0v) is 26.0. The van der Waals surface area contributed by atoms with Gasteiger partial charge in [0, 0.05) is 18.1 Å². The van der Waals surface area contributed by atoms with Crippen LogP contribution in [0, 0.1) is 27.9 Å². The summed E-state index contributed by atoms with van der Waals surface area (Å²) in [7, 11) is 1.31. The largest absolute Gasteiger partial charge is 0.503 e. The minimum atomic E-state index is -2.06. The maximum Gasteiger partial charge on any atom is 0.271 e. The van der Waals surface area contributed by atoms with Crippen molar-refractivity contribution in [3.8, 4) is 11.5 Å².